The Bertz CT molecular complexity index is 1540. The molecule has 0 spiro atoms. The lowest BCUT2D eigenvalue weighted by Crippen LogP contribution is -2.55. The summed E-state index contributed by atoms with van der Waals surface area (Å²) in [5, 5.41) is 13.6. The van der Waals surface area contributed by atoms with Gasteiger partial charge in [0, 0.05) is 17.2 Å². The first-order chi connectivity index (χ1) is 19.2. The van der Waals surface area contributed by atoms with Crippen molar-refractivity contribution in [1.82, 2.24) is 4.90 Å². The number of likely N-dealkylation sites (tertiary alicyclic amines) is 1. The number of aryl methyl sites for hydroxylation is 1. The van der Waals surface area contributed by atoms with Gasteiger partial charge in [-0.3, -0.25) is 9.69 Å². The number of carbonyl (C=O) groups is 3. The number of hydrogen-bond acceptors (Lipinski definition) is 3. The summed E-state index contributed by atoms with van der Waals surface area (Å²) in [7, 11) is 0. The maximum atomic E-state index is 14.4. The Hall–Kier alpha value is -4.78. The van der Waals surface area contributed by atoms with Crippen LogP contribution in [0.5, 0.6) is 0 Å². The second kappa shape index (κ2) is 10.8. The Morgan fingerprint density at radius 3 is 2.02 bits per heavy atom. The fourth-order valence-corrected chi connectivity index (χ4v) is 5.91. The van der Waals surface area contributed by atoms with E-state index >= 15 is 0 Å². The molecule has 5 rings (SSSR count). The van der Waals surface area contributed by atoms with Crippen molar-refractivity contribution in [2.75, 3.05) is 5.32 Å². The van der Waals surface area contributed by atoms with Crippen molar-refractivity contribution in [3.05, 3.63) is 137 Å². The van der Waals surface area contributed by atoms with Crippen molar-refractivity contribution in [3.8, 4) is 0 Å². The summed E-state index contributed by atoms with van der Waals surface area (Å²) in [4.78, 5) is 43.1. The smallest absolute Gasteiger partial charge is 0.330 e. The SMILES string of the molecule is Cc1cccc(C2C(C(=O)c3ccccc3)C(c3ccccc3)C(C)(C(=O)O)N2C(=O)Nc2ccc(F)cc2)c1. The Morgan fingerprint density at radius 2 is 1.43 bits per heavy atom. The molecule has 0 aliphatic carbocycles. The van der Waals surface area contributed by atoms with Gasteiger partial charge in [-0.2, -0.15) is 0 Å². The minimum Gasteiger partial charge on any atom is -0.479 e. The van der Waals surface area contributed by atoms with E-state index in [-0.39, 0.29) is 5.78 Å². The zero-order valence-corrected chi connectivity index (χ0v) is 22.1. The van der Waals surface area contributed by atoms with Crippen LogP contribution in [0.1, 0.15) is 45.9 Å². The molecule has 4 unspecified atom stereocenters. The lowest BCUT2D eigenvalue weighted by Gasteiger charge is -2.37. The van der Waals surface area contributed by atoms with Crippen LogP contribution in [-0.4, -0.2) is 33.3 Å². The molecule has 7 heteroatoms. The molecular weight excluding hydrogens is 507 g/mol. The highest BCUT2D eigenvalue weighted by Crippen LogP contribution is 2.56. The monoisotopic (exact) mass is 536 g/mol. The van der Waals surface area contributed by atoms with Crippen LogP contribution in [0, 0.1) is 18.7 Å². The maximum Gasteiger partial charge on any atom is 0.330 e. The third kappa shape index (κ3) is 4.75. The molecule has 4 aromatic rings. The molecule has 2 amide bonds. The number of benzene rings is 4. The Morgan fingerprint density at radius 1 is 0.825 bits per heavy atom. The number of nitrogens with one attached hydrogen (secondary N) is 1. The standard InChI is InChI=1S/C33H29FN2O4/c1-21-10-9-15-24(20-21)29-27(30(37)23-13-7-4-8-14-23)28(22-11-5-3-6-12-22)33(2,31(38)39)36(29)32(40)35-26-18-16-25(34)17-19-26/h3-20,27-29H,1-2H3,(H,35,40)(H,38,39). The van der Waals surface area contributed by atoms with E-state index in [0.29, 0.717) is 22.4 Å². The molecule has 4 atom stereocenters. The first-order valence-corrected chi connectivity index (χ1v) is 13.0. The number of halogens is 1. The number of rotatable bonds is 6. The predicted molar refractivity (Wildman–Crippen MR) is 151 cm³/mol. The summed E-state index contributed by atoms with van der Waals surface area (Å²) in [5.74, 6) is -3.78. The maximum absolute atomic E-state index is 14.4. The Labute approximate surface area is 232 Å². The fourth-order valence-electron chi connectivity index (χ4n) is 5.91. The number of carbonyl (C=O) groups excluding carboxylic acids is 2. The molecule has 6 nitrogen and oxygen atoms in total. The Kier molecular flexibility index (Phi) is 7.22. The van der Waals surface area contributed by atoms with E-state index in [1.165, 1.54) is 36.1 Å². The van der Waals surface area contributed by atoms with Gasteiger partial charge in [0.2, 0.25) is 0 Å². The van der Waals surface area contributed by atoms with Gasteiger partial charge in [0.05, 0.1) is 12.0 Å². The highest BCUT2D eigenvalue weighted by atomic mass is 19.1. The first-order valence-electron chi connectivity index (χ1n) is 13.0. The van der Waals surface area contributed by atoms with E-state index < -0.39 is 41.2 Å². The van der Waals surface area contributed by atoms with Gasteiger partial charge in [-0.15, -0.1) is 0 Å². The van der Waals surface area contributed by atoms with Gasteiger partial charge in [-0.1, -0.05) is 90.5 Å². The van der Waals surface area contributed by atoms with Crippen molar-refractivity contribution in [2.45, 2.75) is 31.3 Å². The van der Waals surface area contributed by atoms with Gasteiger partial charge >= 0.3 is 12.0 Å². The average molecular weight is 537 g/mol. The minimum absolute atomic E-state index is 0.259. The van der Waals surface area contributed by atoms with E-state index in [9.17, 15) is 23.9 Å². The Balaban J connectivity index is 1.76. The van der Waals surface area contributed by atoms with Crippen LogP contribution in [0.25, 0.3) is 0 Å². The van der Waals surface area contributed by atoms with Crippen molar-refractivity contribution in [3.63, 3.8) is 0 Å². The molecule has 0 aromatic heterocycles. The first kappa shape index (κ1) is 26.8. The largest absolute Gasteiger partial charge is 0.479 e. The molecule has 0 saturated carbocycles. The highest BCUT2D eigenvalue weighted by molar-refractivity contribution is 6.03. The van der Waals surface area contributed by atoms with Crippen LogP contribution in [0.15, 0.2) is 109 Å². The number of Topliss-reactive ketones (excluding diaryl/α,β-unsaturated/α-hetero) is 1. The molecule has 40 heavy (non-hydrogen) atoms. The van der Waals surface area contributed by atoms with E-state index in [1.54, 1.807) is 48.5 Å². The molecule has 0 radical (unpaired) electrons. The van der Waals surface area contributed by atoms with Crippen molar-refractivity contribution in [2.24, 2.45) is 5.92 Å². The van der Waals surface area contributed by atoms with Crippen LogP contribution >= 0.6 is 0 Å². The summed E-state index contributed by atoms with van der Waals surface area (Å²) in [5.41, 5.74) is 1.10. The normalized spacial score (nSPS) is 22.1. The summed E-state index contributed by atoms with van der Waals surface area (Å²) < 4.78 is 13.6. The number of urea groups is 1. The molecule has 2 N–H and O–H groups in total. The molecule has 1 fully saturated rings. The quantitative estimate of drug-likeness (QED) is 0.264. The van der Waals surface area contributed by atoms with E-state index in [0.717, 1.165) is 5.56 Å². The van der Waals surface area contributed by atoms with Gasteiger partial charge in [-0.05, 0) is 49.2 Å². The van der Waals surface area contributed by atoms with Crippen molar-refractivity contribution < 1.29 is 23.9 Å². The fraction of sp³-hybridized carbons (Fsp3) is 0.182. The zero-order valence-electron chi connectivity index (χ0n) is 22.1. The number of carboxylic acid groups (broad SMARTS) is 1. The van der Waals surface area contributed by atoms with Gasteiger partial charge in [0.15, 0.2) is 5.78 Å². The van der Waals surface area contributed by atoms with E-state index in [1.807, 2.05) is 43.3 Å². The topological polar surface area (TPSA) is 86.7 Å². The molecule has 1 aliphatic heterocycles. The van der Waals surface area contributed by atoms with Crippen LogP contribution in [0.4, 0.5) is 14.9 Å². The third-order valence-corrected chi connectivity index (χ3v) is 7.73. The number of aliphatic carboxylic acids is 1. The minimum atomic E-state index is -1.82. The molecule has 0 bridgehead atoms. The van der Waals surface area contributed by atoms with Gasteiger partial charge in [-0.25, -0.2) is 14.0 Å². The number of ketones is 1. The summed E-state index contributed by atoms with van der Waals surface area (Å²) >= 11 is 0. The third-order valence-electron chi connectivity index (χ3n) is 7.73. The van der Waals surface area contributed by atoms with Gasteiger partial charge in [0.25, 0.3) is 0 Å². The van der Waals surface area contributed by atoms with Gasteiger partial charge < -0.3 is 10.4 Å². The number of amides is 2. The number of hydrogen-bond donors (Lipinski definition) is 2. The number of anilines is 1. The van der Waals surface area contributed by atoms with E-state index in [2.05, 4.69) is 5.32 Å². The molecule has 202 valence electrons. The zero-order chi connectivity index (χ0) is 28.4. The summed E-state index contributed by atoms with van der Waals surface area (Å²) in [6.45, 7) is 3.40. The van der Waals surface area contributed by atoms with Crippen LogP contribution in [0.2, 0.25) is 0 Å². The van der Waals surface area contributed by atoms with Crippen LogP contribution < -0.4 is 5.32 Å². The predicted octanol–water partition coefficient (Wildman–Crippen LogP) is 6.85. The van der Waals surface area contributed by atoms with Crippen molar-refractivity contribution in [1.29, 1.82) is 0 Å². The van der Waals surface area contributed by atoms with Gasteiger partial charge in [0.1, 0.15) is 11.4 Å². The lowest BCUT2D eigenvalue weighted by atomic mass is 9.71. The second-order valence-corrected chi connectivity index (χ2v) is 10.3. The molecule has 1 heterocycles. The van der Waals surface area contributed by atoms with E-state index in [4.69, 9.17) is 0 Å². The molecular formula is C33H29FN2O4. The molecule has 1 aliphatic rings. The highest BCUT2D eigenvalue weighted by Gasteiger charge is 2.65. The summed E-state index contributed by atoms with van der Waals surface area (Å²) in [6, 6.07) is 28.8. The van der Waals surface area contributed by atoms with Crippen LogP contribution in [0.3, 0.4) is 0 Å². The molecule has 1 saturated heterocycles. The lowest BCUT2D eigenvalue weighted by molar-refractivity contribution is -0.148. The number of carboxylic acids is 1. The number of nitrogens with zero attached hydrogens (tertiary/aromatic N) is 1. The second-order valence-electron chi connectivity index (χ2n) is 10.3. The molecule has 4 aromatic carbocycles. The van der Waals surface area contributed by atoms with Crippen LogP contribution in [-0.2, 0) is 4.79 Å². The van der Waals surface area contributed by atoms with Crippen molar-refractivity contribution >= 4 is 23.5 Å². The average Bonchev–Trinajstić information content (AvgIpc) is 3.25. The summed E-state index contributed by atoms with van der Waals surface area (Å²) in [6.07, 6.45) is 0.